The Morgan fingerprint density at radius 1 is 1.50 bits per heavy atom. The Morgan fingerprint density at radius 3 is 2.90 bits per heavy atom. The van der Waals surface area contributed by atoms with E-state index in [-0.39, 0.29) is 11.4 Å². The number of aliphatic carboxylic acids is 1. The molecular formula is C12H15N3O3S2. The molecule has 2 N–H and O–H groups in total. The van der Waals surface area contributed by atoms with Crippen LogP contribution in [0.25, 0.3) is 0 Å². The minimum atomic E-state index is -0.963. The number of anilines is 1. The number of hydrogen-bond donors (Lipinski definition) is 2. The van der Waals surface area contributed by atoms with Gasteiger partial charge in [-0.1, -0.05) is 0 Å². The van der Waals surface area contributed by atoms with Gasteiger partial charge in [0.2, 0.25) is 0 Å². The van der Waals surface area contributed by atoms with Crippen molar-refractivity contribution in [1.82, 2.24) is 9.88 Å². The third-order valence-electron chi connectivity index (χ3n) is 3.47. The molecule has 1 aromatic rings. The standard InChI is InChI=1S/C12H15N3O3S2/c1-6-15(9(5-19-6)10(16)17)12(18)14-11-13-8(4-20-11)7-2-3-7/h4,6-7,9H,2-3,5H2,1H3,(H,16,17)(H,13,14,18). The van der Waals surface area contributed by atoms with E-state index < -0.39 is 12.0 Å². The Labute approximate surface area is 124 Å². The van der Waals surface area contributed by atoms with Crippen LogP contribution in [-0.4, -0.2) is 44.2 Å². The lowest BCUT2D eigenvalue weighted by Crippen LogP contribution is -2.46. The number of hydrogen-bond acceptors (Lipinski definition) is 5. The summed E-state index contributed by atoms with van der Waals surface area (Å²) in [4.78, 5) is 29.2. The van der Waals surface area contributed by atoms with Crippen LogP contribution in [0.3, 0.4) is 0 Å². The molecule has 2 fully saturated rings. The molecule has 2 unspecified atom stereocenters. The molecule has 1 aliphatic heterocycles. The van der Waals surface area contributed by atoms with Crippen molar-refractivity contribution < 1.29 is 14.7 Å². The van der Waals surface area contributed by atoms with Crippen LogP contribution in [0, 0.1) is 0 Å². The van der Waals surface area contributed by atoms with E-state index in [1.165, 1.54) is 28.0 Å². The molecule has 0 aromatic carbocycles. The molecule has 20 heavy (non-hydrogen) atoms. The topological polar surface area (TPSA) is 82.5 Å². The SMILES string of the molecule is CC1SCC(C(=O)O)N1C(=O)Nc1nc(C2CC2)cs1. The number of rotatable bonds is 3. The Morgan fingerprint density at radius 2 is 2.25 bits per heavy atom. The van der Waals surface area contributed by atoms with Gasteiger partial charge in [-0.25, -0.2) is 14.6 Å². The van der Waals surface area contributed by atoms with Gasteiger partial charge in [-0.05, 0) is 19.8 Å². The molecule has 2 atom stereocenters. The van der Waals surface area contributed by atoms with Crippen molar-refractivity contribution in [2.45, 2.75) is 37.1 Å². The number of carbonyl (C=O) groups excluding carboxylic acids is 1. The van der Waals surface area contributed by atoms with Gasteiger partial charge in [-0.2, -0.15) is 0 Å². The molecule has 0 radical (unpaired) electrons. The third-order valence-corrected chi connectivity index (χ3v) is 5.47. The number of nitrogens with zero attached hydrogens (tertiary/aromatic N) is 2. The molecule has 2 amide bonds. The van der Waals surface area contributed by atoms with Crippen LogP contribution in [-0.2, 0) is 4.79 Å². The zero-order chi connectivity index (χ0) is 14.3. The van der Waals surface area contributed by atoms with Crippen LogP contribution in [0.15, 0.2) is 5.38 Å². The number of carboxylic acid groups (broad SMARTS) is 1. The van der Waals surface area contributed by atoms with Gasteiger partial charge in [0.15, 0.2) is 5.13 Å². The largest absolute Gasteiger partial charge is 0.480 e. The first-order chi connectivity index (χ1) is 9.56. The Balaban J connectivity index is 1.69. The van der Waals surface area contributed by atoms with Crippen molar-refractivity contribution >= 4 is 40.2 Å². The normalized spacial score (nSPS) is 25.8. The van der Waals surface area contributed by atoms with Crippen molar-refractivity contribution in [2.24, 2.45) is 0 Å². The monoisotopic (exact) mass is 313 g/mol. The minimum absolute atomic E-state index is 0.140. The first-order valence-corrected chi connectivity index (χ1v) is 8.38. The van der Waals surface area contributed by atoms with E-state index in [1.54, 1.807) is 0 Å². The molecule has 0 bridgehead atoms. The molecule has 1 aromatic heterocycles. The fourth-order valence-corrected chi connectivity index (χ4v) is 4.16. The average Bonchev–Trinajstić information content (AvgIpc) is 3.01. The Kier molecular flexibility index (Phi) is 3.59. The van der Waals surface area contributed by atoms with Gasteiger partial charge in [0, 0.05) is 17.1 Å². The zero-order valence-electron chi connectivity index (χ0n) is 10.9. The first-order valence-electron chi connectivity index (χ1n) is 6.45. The Bertz CT molecular complexity index is 544. The highest BCUT2D eigenvalue weighted by atomic mass is 32.2. The highest BCUT2D eigenvalue weighted by molar-refractivity contribution is 8.00. The molecule has 1 aliphatic carbocycles. The summed E-state index contributed by atoms with van der Waals surface area (Å²) in [6.07, 6.45) is 2.33. The van der Waals surface area contributed by atoms with Gasteiger partial charge in [0.1, 0.15) is 6.04 Å². The van der Waals surface area contributed by atoms with Gasteiger partial charge in [-0.15, -0.1) is 23.1 Å². The molecule has 8 heteroatoms. The van der Waals surface area contributed by atoms with E-state index in [1.807, 2.05) is 12.3 Å². The number of aromatic nitrogens is 1. The number of amides is 2. The fraction of sp³-hybridized carbons (Fsp3) is 0.583. The number of carbonyl (C=O) groups is 2. The van der Waals surface area contributed by atoms with E-state index in [2.05, 4.69) is 10.3 Å². The van der Waals surface area contributed by atoms with Crippen LogP contribution in [0.4, 0.5) is 9.93 Å². The number of thioether (sulfide) groups is 1. The highest BCUT2D eigenvalue weighted by Crippen LogP contribution is 2.41. The summed E-state index contributed by atoms with van der Waals surface area (Å²) in [5.41, 5.74) is 1.03. The number of thiazole rings is 1. The average molecular weight is 313 g/mol. The van der Waals surface area contributed by atoms with Gasteiger partial charge in [-0.3, -0.25) is 10.2 Å². The maximum absolute atomic E-state index is 12.2. The molecule has 0 spiro atoms. The summed E-state index contributed by atoms with van der Waals surface area (Å²) in [6, 6.07) is -1.15. The highest BCUT2D eigenvalue weighted by Gasteiger charge is 2.39. The lowest BCUT2D eigenvalue weighted by molar-refractivity contribution is -0.141. The van der Waals surface area contributed by atoms with Crippen molar-refractivity contribution in [1.29, 1.82) is 0 Å². The summed E-state index contributed by atoms with van der Waals surface area (Å²) >= 11 is 2.86. The van der Waals surface area contributed by atoms with E-state index in [9.17, 15) is 9.59 Å². The van der Waals surface area contributed by atoms with Crippen molar-refractivity contribution in [2.75, 3.05) is 11.1 Å². The van der Waals surface area contributed by atoms with Crippen LogP contribution < -0.4 is 5.32 Å². The number of nitrogens with one attached hydrogen (secondary N) is 1. The molecule has 2 aliphatic rings. The molecule has 3 rings (SSSR count). The van der Waals surface area contributed by atoms with Gasteiger partial charge < -0.3 is 5.11 Å². The van der Waals surface area contributed by atoms with Crippen LogP contribution >= 0.6 is 23.1 Å². The fourth-order valence-electron chi connectivity index (χ4n) is 2.21. The molecule has 1 saturated carbocycles. The summed E-state index contributed by atoms with van der Waals surface area (Å²) in [6.45, 7) is 1.84. The third kappa shape index (κ3) is 2.62. The molecule has 2 heterocycles. The number of urea groups is 1. The second kappa shape index (κ2) is 5.25. The van der Waals surface area contributed by atoms with Gasteiger partial charge in [0.25, 0.3) is 0 Å². The van der Waals surface area contributed by atoms with Crippen molar-refractivity contribution in [3.63, 3.8) is 0 Å². The van der Waals surface area contributed by atoms with E-state index in [0.29, 0.717) is 16.8 Å². The molecule has 6 nitrogen and oxygen atoms in total. The van der Waals surface area contributed by atoms with Gasteiger partial charge >= 0.3 is 12.0 Å². The maximum atomic E-state index is 12.2. The van der Waals surface area contributed by atoms with Crippen LogP contribution in [0.1, 0.15) is 31.4 Å². The predicted molar refractivity (Wildman–Crippen MR) is 78.3 cm³/mol. The van der Waals surface area contributed by atoms with Crippen LogP contribution in [0.5, 0.6) is 0 Å². The molecule has 108 valence electrons. The summed E-state index contributed by atoms with van der Waals surface area (Å²) in [7, 11) is 0. The van der Waals surface area contributed by atoms with Crippen molar-refractivity contribution in [3.8, 4) is 0 Å². The quantitative estimate of drug-likeness (QED) is 0.895. The predicted octanol–water partition coefficient (Wildman–Crippen LogP) is 2.40. The second-order valence-corrected chi connectivity index (χ2v) is 7.18. The lowest BCUT2D eigenvalue weighted by atomic mass is 10.3. The second-order valence-electron chi connectivity index (χ2n) is 4.98. The summed E-state index contributed by atoms with van der Waals surface area (Å²) in [5, 5.41) is 14.2. The minimum Gasteiger partial charge on any atom is -0.480 e. The smallest absolute Gasteiger partial charge is 0.327 e. The summed E-state index contributed by atoms with van der Waals surface area (Å²) in [5.74, 6) is 0.00880. The summed E-state index contributed by atoms with van der Waals surface area (Å²) < 4.78 is 0. The zero-order valence-corrected chi connectivity index (χ0v) is 12.5. The maximum Gasteiger partial charge on any atom is 0.327 e. The Hall–Kier alpha value is -1.28. The van der Waals surface area contributed by atoms with Crippen LogP contribution in [0.2, 0.25) is 0 Å². The van der Waals surface area contributed by atoms with Gasteiger partial charge in [0.05, 0.1) is 11.1 Å². The van der Waals surface area contributed by atoms with E-state index >= 15 is 0 Å². The van der Waals surface area contributed by atoms with Crippen molar-refractivity contribution in [3.05, 3.63) is 11.1 Å². The van der Waals surface area contributed by atoms with E-state index in [4.69, 9.17) is 5.11 Å². The molecular weight excluding hydrogens is 298 g/mol. The number of carboxylic acids is 1. The first kappa shape index (κ1) is 13.7. The molecule has 1 saturated heterocycles. The lowest BCUT2D eigenvalue weighted by Gasteiger charge is -2.24. The van der Waals surface area contributed by atoms with E-state index in [0.717, 1.165) is 18.5 Å².